The van der Waals surface area contributed by atoms with Crippen LogP contribution < -0.4 is 4.57 Å². The highest BCUT2D eigenvalue weighted by molar-refractivity contribution is 6.50. The molecule has 0 amide bonds. The smallest absolute Gasteiger partial charge is 0.418 e. The Hall–Kier alpha value is -2.64. The van der Waals surface area contributed by atoms with Gasteiger partial charge < -0.3 is 17.3 Å². The summed E-state index contributed by atoms with van der Waals surface area (Å²) >= 11 is 0. The lowest BCUT2D eigenvalue weighted by molar-refractivity contribution is -0.707. The van der Waals surface area contributed by atoms with Crippen molar-refractivity contribution in [3.05, 3.63) is 76.9 Å². The van der Waals surface area contributed by atoms with Gasteiger partial charge in [0, 0.05) is 11.5 Å². The van der Waals surface area contributed by atoms with E-state index in [2.05, 4.69) is 78.8 Å². The Bertz CT molecular complexity index is 938. The van der Waals surface area contributed by atoms with E-state index < -0.39 is 7.25 Å². The monoisotopic (exact) mass is 391 g/mol. The zero-order chi connectivity index (χ0) is 20.5. The third-order valence-electron chi connectivity index (χ3n) is 4.78. The summed E-state index contributed by atoms with van der Waals surface area (Å²) in [6.07, 6.45) is 4.35. The topological polar surface area (TPSA) is 21.7 Å². The molecule has 0 radical (unpaired) electrons. The van der Waals surface area contributed by atoms with Crippen molar-refractivity contribution in [2.75, 3.05) is 0 Å². The quantitative estimate of drug-likeness (QED) is 0.345. The maximum absolute atomic E-state index is 9.75. The van der Waals surface area contributed by atoms with Crippen LogP contribution in [0.3, 0.4) is 0 Å². The van der Waals surface area contributed by atoms with Crippen LogP contribution in [0.25, 0.3) is 5.69 Å². The standard InChI is InChI=1S/C20H22N3.BF4/c1-14-11-15(2)20(16(3)12-14)23-13-22-18(9-10-19(22)21-23)17-7-5-4-6-8-17;2-1(3,4)5/h4-8,11-13,18H,9-10H2,1-3H3;/q+1;-1/t18-;/m1./s1. The lowest BCUT2D eigenvalue weighted by atomic mass is 10.0. The summed E-state index contributed by atoms with van der Waals surface area (Å²) in [5, 5.41) is 4.87. The molecule has 0 aliphatic carbocycles. The van der Waals surface area contributed by atoms with Crippen LogP contribution in [0.5, 0.6) is 0 Å². The van der Waals surface area contributed by atoms with Gasteiger partial charge in [0.05, 0.1) is 0 Å². The van der Waals surface area contributed by atoms with Crippen molar-refractivity contribution < 1.29 is 21.8 Å². The van der Waals surface area contributed by atoms with E-state index in [1.54, 1.807) is 0 Å². The molecule has 1 atom stereocenters. The molecule has 0 saturated carbocycles. The maximum atomic E-state index is 9.75. The van der Waals surface area contributed by atoms with Gasteiger partial charge in [-0.2, -0.15) is 0 Å². The lowest BCUT2D eigenvalue weighted by Crippen LogP contribution is -2.36. The Morgan fingerprint density at radius 2 is 1.57 bits per heavy atom. The molecular formula is C20H22BF4N3. The second kappa shape index (κ2) is 7.77. The van der Waals surface area contributed by atoms with Crippen LogP contribution in [0.1, 0.15) is 40.5 Å². The molecule has 0 fully saturated rings. The van der Waals surface area contributed by atoms with E-state index >= 15 is 0 Å². The van der Waals surface area contributed by atoms with Gasteiger partial charge in [0.2, 0.25) is 6.33 Å². The van der Waals surface area contributed by atoms with Crippen molar-refractivity contribution in [1.82, 2.24) is 9.78 Å². The fraction of sp³-hybridized carbons (Fsp3) is 0.300. The molecule has 1 aliphatic heterocycles. The Balaban J connectivity index is 0.000000403. The predicted molar refractivity (Wildman–Crippen MR) is 101 cm³/mol. The van der Waals surface area contributed by atoms with Gasteiger partial charge in [0.1, 0.15) is 11.7 Å². The van der Waals surface area contributed by atoms with E-state index in [-0.39, 0.29) is 0 Å². The average Bonchev–Trinajstić information content (AvgIpc) is 3.13. The SMILES string of the molecule is Cc1cc(C)c(-n2c[n+]3c(n2)CC[C@@H]3c2ccccc2)c(C)c1.F[B-](F)(F)F. The number of hydrogen-bond acceptors (Lipinski definition) is 1. The molecule has 8 heteroatoms. The highest BCUT2D eigenvalue weighted by atomic mass is 19.5. The van der Waals surface area contributed by atoms with Gasteiger partial charge >= 0.3 is 7.25 Å². The van der Waals surface area contributed by atoms with Gasteiger partial charge in [-0.25, -0.2) is 4.57 Å². The molecule has 2 heterocycles. The van der Waals surface area contributed by atoms with Crippen LogP contribution in [0.2, 0.25) is 0 Å². The molecule has 3 nitrogen and oxygen atoms in total. The van der Waals surface area contributed by atoms with Crippen LogP contribution in [-0.2, 0) is 6.42 Å². The normalized spacial score (nSPS) is 15.8. The Morgan fingerprint density at radius 3 is 2.14 bits per heavy atom. The zero-order valence-electron chi connectivity index (χ0n) is 16.0. The van der Waals surface area contributed by atoms with Crippen molar-refractivity contribution >= 4 is 7.25 Å². The van der Waals surface area contributed by atoms with Gasteiger partial charge in [-0.1, -0.05) is 52.7 Å². The Kier molecular flexibility index (Phi) is 5.58. The van der Waals surface area contributed by atoms with E-state index in [4.69, 9.17) is 5.10 Å². The van der Waals surface area contributed by atoms with E-state index in [1.165, 1.54) is 33.8 Å². The molecule has 0 bridgehead atoms. The summed E-state index contributed by atoms with van der Waals surface area (Å²) in [7, 11) is -6.00. The number of aromatic nitrogens is 3. The largest absolute Gasteiger partial charge is 0.673 e. The molecule has 28 heavy (non-hydrogen) atoms. The number of hydrogen-bond donors (Lipinski definition) is 0. The maximum Gasteiger partial charge on any atom is 0.673 e. The van der Waals surface area contributed by atoms with Gasteiger partial charge in [-0.3, -0.25) is 0 Å². The summed E-state index contributed by atoms with van der Waals surface area (Å²) in [5.74, 6) is 1.18. The van der Waals surface area contributed by atoms with Crippen LogP contribution >= 0.6 is 0 Å². The van der Waals surface area contributed by atoms with Gasteiger partial charge in [-0.05, 0) is 43.9 Å². The second-order valence-corrected chi connectivity index (χ2v) is 7.09. The third kappa shape index (κ3) is 4.61. The number of fused-ring (bicyclic) bond motifs is 1. The van der Waals surface area contributed by atoms with Crippen molar-refractivity contribution in [2.24, 2.45) is 0 Å². The van der Waals surface area contributed by atoms with Crippen LogP contribution in [-0.4, -0.2) is 17.0 Å². The predicted octanol–water partition coefficient (Wildman–Crippen LogP) is 4.92. The summed E-state index contributed by atoms with van der Waals surface area (Å²) < 4.78 is 43.4. The van der Waals surface area contributed by atoms with Crippen molar-refractivity contribution in [3.63, 3.8) is 0 Å². The number of rotatable bonds is 2. The molecule has 1 aliphatic rings. The summed E-state index contributed by atoms with van der Waals surface area (Å²) in [6, 6.07) is 15.6. The number of benzene rings is 2. The first kappa shape index (κ1) is 20.1. The minimum atomic E-state index is -6.00. The third-order valence-corrected chi connectivity index (χ3v) is 4.78. The summed E-state index contributed by atoms with van der Waals surface area (Å²) in [5.41, 5.74) is 6.44. The number of halogens is 4. The zero-order valence-corrected chi connectivity index (χ0v) is 16.0. The average molecular weight is 391 g/mol. The van der Waals surface area contributed by atoms with E-state index in [9.17, 15) is 17.3 Å². The molecule has 148 valence electrons. The highest BCUT2D eigenvalue weighted by Gasteiger charge is 2.33. The highest BCUT2D eigenvalue weighted by Crippen LogP contribution is 2.26. The molecule has 0 saturated heterocycles. The van der Waals surface area contributed by atoms with E-state index in [0.29, 0.717) is 6.04 Å². The molecule has 0 spiro atoms. The molecule has 4 rings (SSSR count). The van der Waals surface area contributed by atoms with E-state index in [1.807, 2.05) is 0 Å². The Labute approximate surface area is 161 Å². The van der Waals surface area contributed by atoms with E-state index in [0.717, 1.165) is 12.8 Å². The number of aryl methyl sites for hydroxylation is 4. The minimum Gasteiger partial charge on any atom is -0.418 e. The first-order chi connectivity index (χ1) is 13.1. The Morgan fingerprint density at radius 1 is 1.00 bits per heavy atom. The molecule has 2 aromatic carbocycles. The second-order valence-electron chi connectivity index (χ2n) is 7.09. The van der Waals surface area contributed by atoms with Crippen LogP contribution in [0.4, 0.5) is 17.3 Å². The summed E-state index contributed by atoms with van der Waals surface area (Å²) in [4.78, 5) is 0. The van der Waals surface area contributed by atoms with Crippen LogP contribution in [0, 0.1) is 20.8 Å². The fourth-order valence-corrected chi connectivity index (χ4v) is 3.87. The number of nitrogens with zero attached hydrogens (tertiary/aromatic N) is 3. The first-order valence-electron chi connectivity index (χ1n) is 9.13. The first-order valence-corrected chi connectivity index (χ1v) is 9.13. The van der Waals surface area contributed by atoms with Crippen LogP contribution in [0.15, 0.2) is 48.8 Å². The van der Waals surface area contributed by atoms with Gasteiger partial charge in [-0.15, -0.1) is 0 Å². The van der Waals surface area contributed by atoms with Crippen molar-refractivity contribution in [3.8, 4) is 5.69 Å². The lowest BCUT2D eigenvalue weighted by Gasteiger charge is -2.09. The van der Waals surface area contributed by atoms with Gasteiger partial charge in [0.15, 0.2) is 0 Å². The molecule has 3 aromatic rings. The fourth-order valence-electron chi connectivity index (χ4n) is 3.87. The molecule has 1 aromatic heterocycles. The summed E-state index contributed by atoms with van der Waals surface area (Å²) in [6.45, 7) is 6.48. The molecular weight excluding hydrogens is 369 g/mol. The van der Waals surface area contributed by atoms with Crippen molar-refractivity contribution in [2.45, 2.75) is 39.7 Å². The minimum absolute atomic E-state index is 0.408. The molecule has 0 N–H and O–H groups in total. The van der Waals surface area contributed by atoms with Crippen molar-refractivity contribution in [1.29, 1.82) is 0 Å². The van der Waals surface area contributed by atoms with Gasteiger partial charge in [0.25, 0.3) is 5.82 Å². The molecule has 0 unspecified atom stereocenters.